The molecule has 1 aliphatic rings. The van der Waals surface area contributed by atoms with Gasteiger partial charge in [-0.2, -0.15) is 5.10 Å². The Bertz CT molecular complexity index is 1020. The molecule has 27 heavy (non-hydrogen) atoms. The van der Waals surface area contributed by atoms with E-state index >= 15 is 0 Å². The van der Waals surface area contributed by atoms with Crippen LogP contribution in [0.2, 0.25) is 0 Å². The van der Waals surface area contributed by atoms with E-state index in [0.717, 1.165) is 23.0 Å². The molecule has 3 aromatic heterocycles. The van der Waals surface area contributed by atoms with E-state index < -0.39 is 0 Å². The van der Waals surface area contributed by atoms with Crippen molar-refractivity contribution in [2.45, 2.75) is 45.7 Å². The lowest BCUT2D eigenvalue weighted by Crippen LogP contribution is -2.29. The van der Waals surface area contributed by atoms with Crippen molar-refractivity contribution < 1.29 is 9.59 Å². The number of hydrogen-bond acceptors (Lipinski definition) is 4. The molecule has 0 saturated heterocycles. The Labute approximate surface area is 157 Å². The molecular formula is C20H23N5O2. The van der Waals surface area contributed by atoms with Gasteiger partial charge in [-0.1, -0.05) is 13.8 Å². The van der Waals surface area contributed by atoms with Gasteiger partial charge < -0.3 is 10.3 Å². The summed E-state index contributed by atoms with van der Waals surface area (Å²) in [6, 6.07) is 5.48. The number of amides is 1. The maximum atomic E-state index is 12.8. The van der Waals surface area contributed by atoms with Crippen molar-refractivity contribution in [3.8, 4) is 0 Å². The van der Waals surface area contributed by atoms with E-state index in [1.165, 1.54) is 0 Å². The zero-order valence-electron chi connectivity index (χ0n) is 15.7. The Kier molecular flexibility index (Phi) is 4.30. The molecule has 1 saturated carbocycles. The minimum atomic E-state index is -0.220. The Balaban J connectivity index is 1.75. The van der Waals surface area contributed by atoms with Crippen LogP contribution >= 0.6 is 0 Å². The molecule has 1 amide bonds. The fourth-order valence-corrected chi connectivity index (χ4v) is 3.42. The smallest absolute Gasteiger partial charge is 0.269 e. The number of pyridine rings is 1. The minimum absolute atomic E-state index is 0.0729. The van der Waals surface area contributed by atoms with Gasteiger partial charge in [-0.05, 0) is 37.0 Å². The van der Waals surface area contributed by atoms with Crippen molar-refractivity contribution >= 4 is 22.7 Å². The fourth-order valence-electron chi connectivity index (χ4n) is 3.42. The maximum absolute atomic E-state index is 12.8. The molecule has 0 radical (unpaired) electrons. The number of Topliss-reactive ketones (excluding diaryl/α,β-unsaturated/α-hetero) is 1. The van der Waals surface area contributed by atoms with Gasteiger partial charge >= 0.3 is 0 Å². The van der Waals surface area contributed by atoms with Crippen LogP contribution in [-0.2, 0) is 0 Å². The summed E-state index contributed by atoms with van der Waals surface area (Å²) in [7, 11) is 0. The third-order valence-corrected chi connectivity index (χ3v) is 5.31. The summed E-state index contributed by atoms with van der Waals surface area (Å²) < 4.78 is 1.66. The number of H-pyrrole nitrogens is 1. The number of carbonyl (C=O) groups excluding carboxylic acids is 2. The summed E-state index contributed by atoms with van der Waals surface area (Å²) in [5.41, 5.74) is 2.53. The van der Waals surface area contributed by atoms with Crippen molar-refractivity contribution in [1.29, 1.82) is 0 Å². The van der Waals surface area contributed by atoms with E-state index in [4.69, 9.17) is 0 Å². The van der Waals surface area contributed by atoms with E-state index in [0.29, 0.717) is 23.7 Å². The highest BCUT2D eigenvalue weighted by atomic mass is 16.2. The summed E-state index contributed by atoms with van der Waals surface area (Å²) in [5, 5.41) is 8.51. The van der Waals surface area contributed by atoms with Gasteiger partial charge in [0, 0.05) is 36.3 Å². The molecule has 7 heteroatoms. The predicted molar refractivity (Wildman–Crippen MR) is 102 cm³/mol. The molecule has 140 valence electrons. The zero-order valence-corrected chi connectivity index (χ0v) is 15.7. The van der Waals surface area contributed by atoms with Crippen LogP contribution in [0.5, 0.6) is 0 Å². The number of aromatic nitrogens is 4. The van der Waals surface area contributed by atoms with Crippen molar-refractivity contribution in [1.82, 2.24) is 25.1 Å². The van der Waals surface area contributed by atoms with Gasteiger partial charge in [0.15, 0.2) is 5.78 Å². The lowest BCUT2D eigenvalue weighted by atomic mass is 10.1. The molecule has 1 fully saturated rings. The third kappa shape index (κ3) is 3.13. The Morgan fingerprint density at radius 2 is 2.19 bits per heavy atom. The number of nitrogens with one attached hydrogen (secondary N) is 2. The fraction of sp³-hybridized carbons (Fsp3) is 0.400. The first-order chi connectivity index (χ1) is 13.0. The number of ketones is 1. The highest BCUT2D eigenvalue weighted by molar-refractivity contribution is 5.99. The standard InChI is InChI=1S/C20H23N5O2/c1-4-18(26)16-10-17(20(27)23-15-9-11(15)2)25(24-16)12(3)13-5-7-21-19-14(13)6-8-22-19/h5-8,10-12,15H,4,9H2,1-3H3,(H,21,22)(H,23,27)/t11-,12+,15-/m0/s1. The van der Waals surface area contributed by atoms with Crippen LogP contribution in [0.1, 0.15) is 66.2 Å². The van der Waals surface area contributed by atoms with Crippen molar-refractivity contribution in [3.63, 3.8) is 0 Å². The lowest BCUT2D eigenvalue weighted by molar-refractivity contribution is 0.0936. The van der Waals surface area contributed by atoms with E-state index in [1.807, 2.05) is 25.3 Å². The molecule has 3 aromatic rings. The average molecular weight is 365 g/mol. The van der Waals surface area contributed by atoms with Crippen LogP contribution in [0.3, 0.4) is 0 Å². The number of aromatic amines is 1. The van der Waals surface area contributed by atoms with Crippen molar-refractivity contribution in [2.24, 2.45) is 5.92 Å². The number of hydrogen-bond donors (Lipinski definition) is 2. The summed E-state index contributed by atoms with van der Waals surface area (Å²) in [6.07, 6.45) is 4.91. The van der Waals surface area contributed by atoms with Crippen LogP contribution < -0.4 is 5.32 Å². The first-order valence-corrected chi connectivity index (χ1v) is 9.35. The highest BCUT2D eigenvalue weighted by Gasteiger charge is 2.35. The summed E-state index contributed by atoms with van der Waals surface area (Å²) in [5.74, 6) is 0.244. The molecule has 3 heterocycles. The molecule has 2 N–H and O–H groups in total. The summed E-state index contributed by atoms with van der Waals surface area (Å²) in [6.45, 7) is 5.88. The van der Waals surface area contributed by atoms with Gasteiger partial charge in [0.2, 0.25) is 0 Å². The normalized spacial score (nSPS) is 19.8. The third-order valence-electron chi connectivity index (χ3n) is 5.31. The molecule has 0 aliphatic heterocycles. The molecular weight excluding hydrogens is 342 g/mol. The molecule has 0 aromatic carbocycles. The quantitative estimate of drug-likeness (QED) is 0.657. The number of fused-ring (bicyclic) bond motifs is 1. The monoisotopic (exact) mass is 365 g/mol. The Morgan fingerprint density at radius 3 is 2.89 bits per heavy atom. The minimum Gasteiger partial charge on any atom is -0.348 e. The van der Waals surface area contributed by atoms with Crippen LogP contribution in [0.25, 0.3) is 11.0 Å². The van der Waals surface area contributed by atoms with Crippen LogP contribution in [0.15, 0.2) is 30.6 Å². The van der Waals surface area contributed by atoms with Crippen LogP contribution in [0, 0.1) is 5.92 Å². The van der Waals surface area contributed by atoms with Gasteiger partial charge in [0.1, 0.15) is 17.0 Å². The summed E-state index contributed by atoms with van der Waals surface area (Å²) in [4.78, 5) is 32.4. The van der Waals surface area contributed by atoms with E-state index in [2.05, 4.69) is 27.3 Å². The topological polar surface area (TPSA) is 92.7 Å². The zero-order chi connectivity index (χ0) is 19.1. The Hall–Kier alpha value is -2.96. The van der Waals surface area contributed by atoms with E-state index in [-0.39, 0.29) is 23.8 Å². The molecule has 0 spiro atoms. The van der Waals surface area contributed by atoms with Crippen molar-refractivity contribution in [3.05, 3.63) is 47.5 Å². The lowest BCUT2D eigenvalue weighted by Gasteiger charge is -2.17. The first-order valence-electron chi connectivity index (χ1n) is 9.35. The summed E-state index contributed by atoms with van der Waals surface area (Å²) >= 11 is 0. The second kappa shape index (κ2) is 6.64. The molecule has 7 nitrogen and oxygen atoms in total. The molecule has 0 unspecified atom stereocenters. The van der Waals surface area contributed by atoms with Gasteiger partial charge in [-0.25, -0.2) is 4.98 Å². The SMILES string of the molecule is CCC(=O)c1cc(C(=O)N[C@H]2C[C@@H]2C)n([C@H](C)c2ccnc3[nH]ccc23)n1. The van der Waals surface area contributed by atoms with E-state index in [1.54, 1.807) is 23.9 Å². The van der Waals surface area contributed by atoms with Crippen LogP contribution in [-0.4, -0.2) is 37.5 Å². The second-order valence-corrected chi connectivity index (χ2v) is 7.25. The van der Waals surface area contributed by atoms with E-state index in [9.17, 15) is 9.59 Å². The number of rotatable bonds is 6. The highest BCUT2D eigenvalue weighted by Crippen LogP contribution is 2.30. The van der Waals surface area contributed by atoms with Gasteiger partial charge in [-0.3, -0.25) is 14.3 Å². The van der Waals surface area contributed by atoms with Crippen LogP contribution in [0.4, 0.5) is 0 Å². The van der Waals surface area contributed by atoms with Crippen molar-refractivity contribution in [2.75, 3.05) is 0 Å². The molecule has 3 atom stereocenters. The van der Waals surface area contributed by atoms with Gasteiger partial charge in [0.25, 0.3) is 5.91 Å². The first kappa shape index (κ1) is 17.5. The average Bonchev–Trinajstić information content (AvgIpc) is 3.10. The molecule has 0 bridgehead atoms. The molecule has 1 aliphatic carbocycles. The largest absolute Gasteiger partial charge is 0.348 e. The van der Waals surface area contributed by atoms with Gasteiger partial charge in [0.05, 0.1) is 6.04 Å². The van der Waals surface area contributed by atoms with Gasteiger partial charge in [-0.15, -0.1) is 0 Å². The maximum Gasteiger partial charge on any atom is 0.269 e. The number of nitrogens with zero attached hydrogens (tertiary/aromatic N) is 3. The molecule has 4 rings (SSSR count). The second-order valence-electron chi connectivity index (χ2n) is 7.25. The Morgan fingerprint density at radius 1 is 1.41 bits per heavy atom. The number of carbonyl (C=O) groups is 2. The predicted octanol–water partition coefficient (Wildman–Crippen LogP) is 3.10.